The van der Waals surface area contributed by atoms with Gasteiger partial charge < -0.3 is 4.74 Å². The summed E-state index contributed by atoms with van der Waals surface area (Å²) >= 11 is 0. The van der Waals surface area contributed by atoms with Gasteiger partial charge in [-0.3, -0.25) is 4.79 Å². The van der Waals surface area contributed by atoms with Crippen LogP contribution < -0.4 is 4.74 Å². The first-order chi connectivity index (χ1) is 9.02. The van der Waals surface area contributed by atoms with Gasteiger partial charge in [-0.05, 0) is 68.7 Å². The Hall–Kier alpha value is -1.31. The van der Waals surface area contributed by atoms with Gasteiger partial charge in [0.25, 0.3) is 0 Å². The third-order valence-corrected chi connectivity index (χ3v) is 4.96. The van der Waals surface area contributed by atoms with Crippen molar-refractivity contribution in [3.8, 4) is 5.75 Å². The molecule has 2 nitrogen and oxygen atoms in total. The monoisotopic (exact) mass is 256 g/mol. The highest BCUT2D eigenvalue weighted by atomic mass is 16.5. The molecule has 4 rings (SSSR count). The van der Waals surface area contributed by atoms with Crippen molar-refractivity contribution in [2.24, 2.45) is 17.8 Å². The Kier molecular flexibility index (Phi) is 2.19. The van der Waals surface area contributed by atoms with Crippen LogP contribution in [-0.4, -0.2) is 11.4 Å². The molecule has 0 aromatic heterocycles. The second kappa shape index (κ2) is 3.62. The van der Waals surface area contributed by atoms with Gasteiger partial charge in [0.1, 0.15) is 11.4 Å². The largest absolute Gasteiger partial charge is 0.487 e. The van der Waals surface area contributed by atoms with Crippen LogP contribution in [0, 0.1) is 17.8 Å². The van der Waals surface area contributed by atoms with Gasteiger partial charge in [0.15, 0.2) is 5.78 Å². The summed E-state index contributed by atoms with van der Waals surface area (Å²) in [6.07, 6.45) is 4.53. The second-order valence-corrected chi connectivity index (χ2v) is 7.15. The Morgan fingerprint density at radius 2 is 1.95 bits per heavy atom. The van der Waals surface area contributed by atoms with Gasteiger partial charge in [0.05, 0.1) is 0 Å². The lowest BCUT2D eigenvalue weighted by atomic mass is 9.91. The Balaban J connectivity index is 1.58. The van der Waals surface area contributed by atoms with Crippen LogP contribution in [0.15, 0.2) is 18.2 Å². The van der Waals surface area contributed by atoms with Crippen LogP contribution in [0.5, 0.6) is 5.75 Å². The van der Waals surface area contributed by atoms with E-state index in [-0.39, 0.29) is 11.5 Å². The van der Waals surface area contributed by atoms with E-state index in [1.807, 2.05) is 12.1 Å². The van der Waals surface area contributed by atoms with Crippen molar-refractivity contribution < 1.29 is 9.53 Å². The standard InChI is InChI=1S/C17H20O2/c1-17(2)9-14-5-10(3-4-15(14)19-17)16(18)13-7-11-6-12(11)8-13/h3-5,11-13H,6-9H2,1-2H3. The SMILES string of the molecule is CC1(C)Cc2cc(C(=O)C3CC4CC4C3)ccc2O1. The predicted octanol–water partition coefficient (Wildman–Crippen LogP) is 3.63. The van der Waals surface area contributed by atoms with Crippen molar-refractivity contribution in [3.05, 3.63) is 29.3 Å². The van der Waals surface area contributed by atoms with Crippen molar-refractivity contribution >= 4 is 5.78 Å². The highest BCUT2D eigenvalue weighted by molar-refractivity contribution is 5.98. The molecule has 0 bridgehead atoms. The summed E-state index contributed by atoms with van der Waals surface area (Å²) < 4.78 is 5.87. The van der Waals surface area contributed by atoms with Crippen LogP contribution in [0.4, 0.5) is 0 Å². The van der Waals surface area contributed by atoms with Crippen LogP contribution in [0.2, 0.25) is 0 Å². The van der Waals surface area contributed by atoms with E-state index in [9.17, 15) is 4.79 Å². The van der Waals surface area contributed by atoms with E-state index < -0.39 is 0 Å². The number of hydrogen-bond acceptors (Lipinski definition) is 2. The minimum absolute atomic E-state index is 0.126. The number of ketones is 1. The number of rotatable bonds is 2. The number of fused-ring (bicyclic) bond motifs is 2. The van der Waals surface area contributed by atoms with Crippen LogP contribution in [-0.2, 0) is 6.42 Å². The second-order valence-electron chi connectivity index (χ2n) is 7.15. The fourth-order valence-corrected chi connectivity index (χ4v) is 3.93. The van der Waals surface area contributed by atoms with Gasteiger partial charge in [0.2, 0.25) is 0 Å². The highest BCUT2D eigenvalue weighted by Gasteiger charge is 2.48. The summed E-state index contributed by atoms with van der Waals surface area (Å²) in [5, 5.41) is 0. The van der Waals surface area contributed by atoms with Crippen LogP contribution >= 0.6 is 0 Å². The topological polar surface area (TPSA) is 26.3 Å². The van der Waals surface area contributed by atoms with Crippen LogP contribution in [0.1, 0.15) is 49.0 Å². The maximum absolute atomic E-state index is 12.5. The number of carbonyl (C=O) groups excluding carboxylic acids is 1. The summed E-state index contributed by atoms with van der Waals surface area (Å²) in [4.78, 5) is 12.5. The Labute approximate surface area is 114 Å². The van der Waals surface area contributed by atoms with Crippen molar-refractivity contribution in [1.29, 1.82) is 0 Å². The number of carbonyl (C=O) groups is 1. The highest BCUT2D eigenvalue weighted by Crippen LogP contribution is 2.55. The third kappa shape index (κ3) is 1.89. The van der Waals surface area contributed by atoms with E-state index in [1.54, 1.807) is 0 Å². The molecule has 1 heterocycles. The zero-order valence-corrected chi connectivity index (χ0v) is 11.6. The van der Waals surface area contributed by atoms with Gasteiger partial charge in [-0.2, -0.15) is 0 Å². The van der Waals surface area contributed by atoms with E-state index >= 15 is 0 Å². The predicted molar refractivity (Wildman–Crippen MR) is 73.5 cm³/mol. The van der Waals surface area contributed by atoms with E-state index in [0.717, 1.165) is 42.4 Å². The fraction of sp³-hybridized carbons (Fsp3) is 0.588. The van der Waals surface area contributed by atoms with Crippen molar-refractivity contribution in [3.63, 3.8) is 0 Å². The molecule has 2 aliphatic carbocycles. The molecule has 19 heavy (non-hydrogen) atoms. The quantitative estimate of drug-likeness (QED) is 0.755. The summed E-state index contributed by atoms with van der Waals surface area (Å²) in [7, 11) is 0. The first-order valence-corrected chi connectivity index (χ1v) is 7.38. The minimum atomic E-state index is -0.126. The molecule has 3 aliphatic rings. The molecule has 2 heteroatoms. The zero-order chi connectivity index (χ0) is 13.2. The van der Waals surface area contributed by atoms with Crippen molar-refractivity contribution in [1.82, 2.24) is 0 Å². The molecule has 0 N–H and O–H groups in total. The summed E-state index contributed by atoms with van der Waals surface area (Å²) in [5.74, 6) is 3.34. The van der Waals surface area contributed by atoms with Crippen LogP contribution in [0.25, 0.3) is 0 Å². The lowest BCUT2D eigenvalue weighted by Crippen LogP contribution is -2.24. The zero-order valence-electron chi connectivity index (χ0n) is 11.6. The average molecular weight is 256 g/mol. The van der Waals surface area contributed by atoms with Gasteiger partial charge in [-0.15, -0.1) is 0 Å². The van der Waals surface area contributed by atoms with Crippen molar-refractivity contribution in [2.75, 3.05) is 0 Å². The molecule has 0 amide bonds. The smallest absolute Gasteiger partial charge is 0.165 e. The molecule has 1 aromatic rings. The molecule has 2 fully saturated rings. The summed E-state index contributed by atoms with van der Waals surface area (Å²) in [5.41, 5.74) is 1.96. The molecule has 2 unspecified atom stereocenters. The van der Waals surface area contributed by atoms with Gasteiger partial charge in [0, 0.05) is 17.9 Å². The van der Waals surface area contributed by atoms with Crippen LogP contribution in [0.3, 0.4) is 0 Å². The maximum atomic E-state index is 12.5. The molecular formula is C17H20O2. The number of benzene rings is 1. The number of Topliss-reactive ketones (excluding diaryl/α,β-unsaturated/α-hetero) is 1. The molecule has 100 valence electrons. The molecule has 1 aliphatic heterocycles. The molecule has 2 atom stereocenters. The summed E-state index contributed by atoms with van der Waals surface area (Å²) in [6, 6.07) is 6.00. The normalized spacial score (nSPS) is 33.5. The molecule has 1 aromatic carbocycles. The van der Waals surface area contributed by atoms with E-state index in [1.165, 1.54) is 12.0 Å². The lowest BCUT2D eigenvalue weighted by Gasteiger charge is -2.16. The van der Waals surface area contributed by atoms with E-state index in [2.05, 4.69) is 19.9 Å². The summed E-state index contributed by atoms with van der Waals surface area (Å²) in [6.45, 7) is 4.19. The number of hydrogen-bond donors (Lipinski definition) is 0. The van der Waals surface area contributed by atoms with Gasteiger partial charge >= 0.3 is 0 Å². The Bertz CT molecular complexity index is 548. The van der Waals surface area contributed by atoms with Gasteiger partial charge in [-0.1, -0.05) is 0 Å². The van der Waals surface area contributed by atoms with Crippen molar-refractivity contribution in [2.45, 2.75) is 45.1 Å². The molecule has 0 spiro atoms. The maximum Gasteiger partial charge on any atom is 0.165 e. The van der Waals surface area contributed by atoms with E-state index in [0.29, 0.717) is 5.78 Å². The first-order valence-electron chi connectivity index (χ1n) is 7.38. The average Bonchev–Trinajstić information content (AvgIpc) is 2.82. The molecule has 0 saturated heterocycles. The first kappa shape index (κ1) is 11.5. The van der Waals surface area contributed by atoms with E-state index in [4.69, 9.17) is 4.74 Å². The lowest BCUT2D eigenvalue weighted by molar-refractivity contribution is 0.0914. The third-order valence-electron chi connectivity index (χ3n) is 4.96. The molecule has 2 saturated carbocycles. The Morgan fingerprint density at radius 1 is 1.21 bits per heavy atom. The Morgan fingerprint density at radius 3 is 2.68 bits per heavy atom. The minimum Gasteiger partial charge on any atom is -0.487 e. The fourth-order valence-electron chi connectivity index (χ4n) is 3.93. The molecule has 0 radical (unpaired) electrons. The van der Waals surface area contributed by atoms with Gasteiger partial charge in [-0.25, -0.2) is 0 Å². The number of ether oxygens (including phenoxy) is 1. The molecular weight excluding hydrogens is 236 g/mol.